The van der Waals surface area contributed by atoms with Crippen molar-refractivity contribution in [2.24, 2.45) is 0 Å². The minimum absolute atomic E-state index is 0.0801. The smallest absolute Gasteiger partial charge is 0.252 e. The van der Waals surface area contributed by atoms with E-state index in [1.165, 1.54) is 17.4 Å². The molecule has 0 aliphatic heterocycles. The lowest BCUT2D eigenvalue weighted by Gasteiger charge is -2.20. The molecule has 162 valence electrons. The Morgan fingerprint density at radius 2 is 1.81 bits per heavy atom. The molecule has 0 bridgehead atoms. The van der Waals surface area contributed by atoms with Crippen molar-refractivity contribution in [2.45, 2.75) is 12.6 Å². The molecule has 0 aliphatic carbocycles. The zero-order valence-corrected chi connectivity index (χ0v) is 17.9. The Balaban J connectivity index is 1.46. The van der Waals surface area contributed by atoms with Crippen molar-refractivity contribution in [1.29, 1.82) is 0 Å². The van der Waals surface area contributed by atoms with Crippen molar-refractivity contribution >= 4 is 17.2 Å². The van der Waals surface area contributed by atoms with Gasteiger partial charge in [0.15, 0.2) is 11.6 Å². The first-order valence-electron chi connectivity index (χ1n) is 10.0. The Morgan fingerprint density at radius 3 is 2.59 bits per heavy atom. The van der Waals surface area contributed by atoms with Gasteiger partial charge in [-0.25, -0.2) is 9.37 Å². The molecular weight excluding hydrogens is 427 g/mol. The van der Waals surface area contributed by atoms with Crippen LogP contribution in [0.3, 0.4) is 0 Å². The number of halogens is 1. The molecule has 1 atom stereocenters. The molecule has 1 N–H and O–H groups in total. The van der Waals surface area contributed by atoms with Crippen LogP contribution in [0.1, 0.15) is 27.7 Å². The molecule has 32 heavy (non-hydrogen) atoms. The molecular formula is C25H21FN2O3S. The van der Waals surface area contributed by atoms with E-state index in [0.29, 0.717) is 17.9 Å². The molecule has 1 amide bonds. The Bertz CT molecular complexity index is 1150. The van der Waals surface area contributed by atoms with Crippen LogP contribution in [0.4, 0.5) is 4.39 Å². The monoisotopic (exact) mass is 448 g/mol. The van der Waals surface area contributed by atoms with Crippen molar-refractivity contribution in [3.8, 4) is 11.5 Å². The number of carbonyl (C=O) groups is 1. The maximum Gasteiger partial charge on any atom is 0.252 e. The number of carbonyl (C=O) groups excluding carboxylic acids is 1. The minimum Gasteiger partial charge on any atom is -0.488 e. The van der Waals surface area contributed by atoms with Crippen LogP contribution in [-0.4, -0.2) is 17.5 Å². The average Bonchev–Trinajstić information content (AvgIpc) is 3.36. The van der Waals surface area contributed by atoms with Crippen LogP contribution in [0.15, 0.2) is 89.8 Å². The molecule has 1 unspecified atom stereocenters. The maximum atomic E-state index is 14.0. The highest BCUT2D eigenvalue weighted by atomic mass is 32.1. The minimum atomic E-state index is -0.470. The van der Waals surface area contributed by atoms with E-state index in [1.807, 2.05) is 35.7 Å². The van der Waals surface area contributed by atoms with E-state index in [1.54, 1.807) is 48.0 Å². The second-order valence-electron chi connectivity index (χ2n) is 6.97. The summed E-state index contributed by atoms with van der Waals surface area (Å²) in [6.07, 6.45) is 0. The predicted octanol–water partition coefficient (Wildman–Crippen LogP) is 5.41. The van der Waals surface area contributed by atoms with E-state index in [2.05, 4.69) is 10.3 Å². The highest BCUT2D eigenvalue weighted by Gasteiger charge is 2.18. The molecule has 0 aliphatic rings. The molecule has 0 fully saturated rings. The van der Waals surface area contributed by atoms with Gasteiger partial charge in [-0.05, 0) is 35.9 Å². The van der Waals surface area contributed by atoms with E-state index in [9.17, 15) is 9.18 Å². The lowest BCUT2D eigenvalue weighted by atomic mass is 10.1. The topological polar surface area (TPSA) is 60.5 Å². The Hall–Kier alpha value is -3.71. The van der Waals surface area contributed by atoms with E-state index >= 15 is 0 Å². The van der Waals surface area contributed by atoms with Crippen LogP contribution in [-0.2, 0) is 6.61 Å². The SMILES string of the molecule is O=C(NC(COc1ccccc1F)c1ccccc1)c1cccc(OCc2cscn2)c1. The number of rotatable bonds is 9. The summed E-state index contributed by atoms with van der Waals surface area (Å²) >= 11 is 1.50. The summed E-state index contributed by atoms with van der Waals surface area (Å²) < 4.78 is 25.4. The van der Waals surface area contributed by atoms with Gasteiger partial charge >= 0.3 is 0 Å². The summed E-state index contributed by atoms with van der Waals surface area (Å²) in [5.74, 6) is -0.0182. The van der Waals surface area contributed by atoms with Crippen molar-refractivity contribution in [2.75, 3.05) is 6.61 Å². The second kappa shape index (κ2) is 10.5. The summed E-state index contributed by atoms with van der Waals surface area (Å²) in [7, 11) is 0. The normalized spacial score (nSPS) is 11.5. The van der Waals surface area contributed by atoms with Gasteiger partial charge in [-0.15, -0.1) is 11.3 Å². The fourth-order valence-electron chi connectivity index (χ4n) is 3.08. The van der Waals surface area contributed by atoms with Crippen LogP contribution < -0.4 is 14.8 Å². The van der Waals surface area contributed by atoms with Crippen LogP contribution in [0.2, 0.25) is 0 Å². The summed E-state index contributed by atoms with van der Waals surface area (Å²) in [6, 6.07) is 22.1. The van der Waals surface area contributed by atoms with Gasteiger partial charge in [-0.1, -0.05) is 48.5 Å². The molecule has 0 saturated heterocycles. The van der Waals surface area contributed by atoms with Crippen LogP contribution in [0.25, 0.3) is 0 Å². The van der Waals surface area contributed by atoms with E-state index in [-0.39, 0.29) is 18.3 Å². The van der Waals surface area contributed by atoms with Gasteiger partial charge in [0.2, 0.25) is 0 Å². The Morgan fingerprint density at radius 1 is 1.00 bits per heavy atom. The maximum absolute atomic E-state index is 14.0. The Kier molecular flexibility index (Phi) is 7.09. The standard InChI is InChI=1S/C25H21FN2O3S/c26-22-11-4-5-12-24(22)31-15-23(18-7-2-1-3-8-18)28-25(29)19-9-6-10-21(13-19)30-14-20-16-32-17-27-20/h1-13,16-17,23H,14-15H2,(H,28,29). The Labute approximate surface area is 189 Å². The zero-order valence-electron chi connectivity index (χ0n) is 17.1. The van der Waals surface area contributed by atoms with Gasteiger partial charge in [-0.2, -0.15) is 0 Å². The van der Waals surface area contributed by atoms with Crippen molar-refractivity contribution in [3.05, 3.63) is 112 Å². The van der Waals surface area contributed by atoms with Gasteiger partial charge < -0.3 is 14.8 Å². The summed E-state index contributed by atoms with van der Waals surface area (Å²) in [5, 5.41) is 4.90. The first-order valence-corrected chi connectivity index (χ1v) is 11.0. The van der Waals surface area contributed by atoms with Crippen molar-refractivity contribution in [1.82, 2.24) is 10.3 Å². The number of nitrogens with zero attached hydrogens (tertiary/aromatic N) is 1. The number of hydrogen-bond acceptors (Lipinski definition) is 5. The largest absolute Gasteiger partial charge is 0.488 e. The molecule has 3 aromatic carbocycles. The number of hydrogen-bond donors (Lipinski definition) is 1. The summed E-state index contributed by atoms with van der Waals surface area (Å²) in [4.78, 5) is 17.2. The molecule has 4 aromatic rings. The molecule has 0 radical (unpaired) electrons. The number of para-hydroxylation sites is 1. The number of aromatic nitrogens is 1. The third-order valence-electron chi connectivity index (χ3n) is 4.72. The van der Waals surface area contributed by atoms with Crippen LogP contribution >= 0.6 is 11.3 Å². The first-order chi connectivity index (χ1) is 15.7. The molecule has 5 nitrogen and oxygen atoms in total. The lowest BCUT2D eigenvalue weighted by molar-refractivity contribution is 0.0920. The van der Waals surface area contributed by atoms with E-state index < -0.39 is 11.9 Å². The fraction of sp³-hybridized carbons (Fsp3) is 0.120. The van der Waals surface area contributed by atoms with Crippen molar-refractivity contribution in [3.63, 3.8) is 0 Å². The third kappa shape index (κ3) is 5.70. The molecule has 1 aromatic heterocycles. The number of nitrogens with one attached hydrogen (secondary N) is 1. The van der Waals surface area contributed by atoms with Crippen molar-refractivity contribution < 1.29 is 18.7 Å². The van der Waals surface area contributed by atoms with Crippen LogP contribution in [0.5, 0.6) is 11.5 Å². The van der Waals surface area contributed by atoms with Crippen LogP contribution in [0, 0.1) is 5.82 Å². The first kappa shape index (κ1) is 21.5. The second-order valence-corrected chi connectivity index (χ2v) is 7.69. The van der Waals surface area contributed by atoms with Gasteiger partial charge in [0.25, 0.3) is 5.91 Å². The molecule has 0 spiro atoms. The predicted molar refractivity (Wildman–Crippen MR) is 121 cm³/mol. The molecule has 4 rings (SSSR count). The number of thiazole rings is 1. The van der Waals surface area contributed by atoms with Gasteiger partial charge in [0.05, 0.1) is 17.2 Å². The molecule has 1 heterocycles. The van der Waals surface area contributed by atoms with Gasteiger partial charge in [0, 0.05) is 10.9 Å². The lowest BCUT2D eigenvalue weighted by Crippen LogP contribution is -2.32. The summed E-state index contributed by atoms with van der Waals surface area (Å²) in [6.45, 7) is 0.411. The molecule has 0 saturated carbocycles. The third-order valence-corrected chi connectivity index (χ3v) is 5.35. The van der Waals surface area contributed by atoms with Gasteiger partial charge in [0.1, 0.15) is 19.0 Å². The number of benzene rings is 3. The van der Waals surface area contributed by atoms with Gasteiger partial charge in [-0.3, -0.25) is 4.79 Å². The summed E-state index contributed by atoms with van der Waals surface area (Å²) in [5.41, 5.74) is 3.88. The quantitative estimate of drug-likeness (QED) is 0.372. The average molecular weight is 449 g/mol. The number of ether oxygens (including phenoxy) is 2. The number of amides is 1. The highest BCUT2D eigenvalue weighted by molar-refractivity contribution is 7.07. The fourth-order valence-corrected chi connectivity index (χ4v) is 3.62. The van der Waals surface area contributed by atoms with E-state index in [4.69, 9.17) is 9.47 Å². The molecule has 7 heteroatoms. The highest BCUT2D eigenvalue weighted by Crippen LogP contribution is 2.21. The zero-order chi connectivity index (χ0) is 22.2. The van der Waals surface area contributed by atoms with E-state index in [0.717, 1.165) is 11.3 Å².